The van der Waals surface area contributed by atoms with Gasteiger partial charge in [0.15, 0.2) is 0 Å². The Morgan fingerprint density at radius 3 is 2.59 bits per heavy atom. The van der Waals surface area contributed by atoms with Crippen molar-refractivity contribution >= 4 is 15.9 Å². The lowest BCUT2D eigenvalue weighted by Crippen LogP contribution is -2.51. The third kappa shape index (κ3) is 2.43. The van der Waals surface area contributed by atoms with Crippen LogP contribution in [-0.4, -0.2) is 12.6 Å². The third-order valence-electron chi connectivity index (χ3n) is 4.20. The fourth-order valence-corrected chi connectivity index (χ4v) is 3.47. The van der Waals surface area contributed by atoms with E-state index < -0.39 is 0 Å². The molecular weight excluding hydrogens is 274 g/mol. The number of rotatable bonds is 4. The molecule has 0 saturated heterocycles. The fraction of sp³-hybridized carbons (Fsp3) is 0.600. The molecule has 0 bridgehead atoms. The molecule has 1 aromatic rings. The van der Waals surface area contributed by atoms with Gasteiger partial charge in [-0.05, 0) is 30.4 Å². The van der Waals surface area contributed by atoms with Crippen LogP contribution in [0.2, 0.25) is 0 Å². The summed E-state index contributed by atoms with van der Waals surface area (Å²) in [6.07, 6.45) is 2.65. The molecule has 1 aliphatic carbocycles. The second kappa shape index (κ2) is 5.11. The zero-order chi connectivity index (χ0) is 12.5. The van der Waals surface area contributed by atoms with Crippen molar-refractivity contribution in [2.75, 3.05) is 6.54 Å². The van der Waals surface area contributed by atoms with Gasteiger partial charge in [-0.2, -0.15) is 0 Å². The smallest absolute Gasteiger partial charge is 0.0213 e. The van der Waals surface area contributed by atoms with Crippen molar-refractivity contribution in [3.05, 3.63) is 34.3 Å². The molecule has 0 aliphatic heterocycles. The highest BCUT2D eigenvalue weighted by atomic mass is 79.9. The number of nitrogens with one attached hydrogen (secondary N) is 1. The second-order valence-electron chi connectivity index (χ2n) is 5.61. The average molecular weight is 296 g/mol. The molecule has 2 heteroatoms. The maximum absolute atomic E-state index is 3.71. The van der Waals surface area contributed by atoms with Crippen molar-refractivity contribution in [1.82, 2.24) is 5.32 Å². The van der Waals surface area contributed by atoms with E-state index in [0.29, 0.717) is 11.5 Å². The average Bonchev–Trinajstić information content (AvgIpc) is 2.29. The first-order valence-electron chi connectivity index (χ1n) is 6.54. The minimum Gasteiger partial charge on any atom is -0.314 e. The standard InChI is InChI=1S/C15H22BrN/c1-11(2)17-10-15(9-8-12(15)3)13-6-4-5-7-14(13)16/h4-7,11-12,17H,8-10H2,1-3H3. The van der Waals surface area contributed by atoms with E-state index in [0.717, 1.165) is 12.5 Å². The van der Waals surface area contributed by atoms with Crippen LogP contribution in [0.4, 0.5) is 0 Å². The lowest BCUT2D eigenvalue weighted by molar-refractivity contribution is 0.130. The molecule has 1 N–H and O–H groups in total. The van der Waals surface area contributed by atoms with Crippen LogP contribution in [0.5, 0.6) is 0 Å². The van der Waals surface area contributed by atoms with Crippen LogP contribution in [0.25, 0.3) is 0 Å². The lowest BCUT2D eigenvalue weighted by atomic mass is 9.57. The van der Waals surface area contributed by atoms with Crippen molar-refractivity contribution < 1.29 is 0 Å². The molecule has 0 heterocycles. The third-order valence-corrected chi connectivity index (χ3v) is 4.89. The van der Waals surface area contributed by atoms with Crippen molar-refractivity contribution in [2.45, 2.75) is 45.1 Å². The van der Waals surface area contributed by atoms with Gasteiger partial charge in [-0.15, -0.1) is 0 Å². The molecule has 2 rings (SSSR count). The Morgan fingerprint density at radius 1 is 1.41 bits per heavy atom. The summed E-state index contributed by atoms with van der Waals surface area (Å²) >= 11 is 3.71. The highest BCUT2D eigenvalue weighted by Crippen LogP contribution is 2.50. The van der Waals surface area contributed by atoms with E-state index in [1.165, 1.54) is 22.9 Å². The van der Waals surface area contributed by atoms with Gasteiger partial charge in [0.1, 0.15) is 0 Å². The summed E-state index contributed by atoms with van der Waals surface area (Å²) in [4.78, 5) is 0. The van der Waals surface area contributed by atoms with Crippen LogP contribution in [0.15, 0.2) is 28.7 Å². The van der Waals surface area contributed by atoms with Crippen LogP contribution in [0.1, 0.15) is 39.2 Å². The highest BCUT2D eigenvalue weighted by molar-refractivity contribution is 9.10. The summed E-state index contributed by atoms with van der Waals surface area (Å²) in [5.41, 5.74) is 1.82. The Hall–Kier alpha value is -0.340. The summed E-state index contributed by atoms with van der Waals surface area (Å²) in [6.45, 7) is 7.91. The van der Waals surface area contributed by atoms with Crippen LogP contribution in [-0.2, 0) is 5.41 Å². The molecule has 94 valence electrons. The molecule has 0 spiro atoms. The molecule has 1 aromatic carbocycles. The van der Waals surface area contributed by atoms with Gasteiger partial charge in [-0.3, -0.25) is 0 Å². The van der Waals surface area contributed by atoms with Crippen LogP contribution in [0, 0.1) is 5.92 Å². The zero-order valence-corrected chi connectivity index (χ0v) is 12.5. The predicted octanol–water partition coefficient (Wildman–Crippen LogP) is 4.11. The molecular formula is C15H22BrN. The molecule has 1 aliphatic rings. The molecule has 2 unspecified atom stereocenters. The fourth-order valence-electron chi connectivity index (χ4n) is 2.79. The van der Waals surface area contributed by atoms with Gasteiger partial charge < -0.3 is 5.32 Å². The van der Waals surface area contributed by atoms with Crippen molar-refractivity contribution in [3.8, 4) is 0 Å². The number of halogens is 1. The maximum atomic E-state index is 3.71. The first-order chi connectivity index (χ1) is 8.06. The van der Waals surface area contributed by atoms with Gasteiger partial charge in [-0.25, -0.2) is 0 Å². The summed E-state index contributed by atoms with van der Waals surface area (Å²) in [6, 6.07) is 9.25. The molecule has 2 atom stereocenters. The van der Waals surface area contributed by atoms with Crippen LogP contribution in [0.3, 0.4) is 0 Å². The Labute approximate surface area is 113 Å². The Balaban J connectivity index is 2.26. The molecule has 1 fully saturated rings. The van der Waals surface area contributed by atoms with E-state index in [1.54, 1.807) is 0 Å². The van der Waals surface area contributed by atoms with E-state index in [1.807, 2.05) is 0 Å². The molecule has 1 nitrogen and oxygen atoms in total. The van der Waals surface area contributed by atoms with E-state index in [-0.39, 0.29) is 0 Å². The highest BCUT2D eigenvalue weighted by Gasteiger charge is 2.45. The van der Waals surface area contributed by atoms with Crippen molar-refractivity contribution in [3.63, 3.8) is 0 Å². The Morgan fingerprint density at radius 2 is 2.12 bits per heavy atom. The molecule has 0 amide bonds. The Bertz CT molecular complexity index is 388. The molecule has 1 saturated carbocycles. The van der Waals surface area contributed by atoms with Crippen molar-refractivity contribution in [2.24, 2.45) is 5.92 Å². The maximum Gasteiger partial charge on any atom is 0.0213 e. The van der Waals surface area contributed by atoms with Crippen molar-refractivity contribution in [1.29, 1.82) is 0 Å². The minimum absolute atomic E-state index is 0.338. The van der Waals surface area contributed by atoms with Gasteiger partial charge in [0.05, 0.1) is 0 Å². The van der Waals surface area contributed by atoms with E-state index >= 15 is 0 Å². The SMILES string of the molecule is CC(C)NCC1(c2ccccc2Br)CCC1C. The molecule has 17 heavy (non-hydrogen) atoms. The van der Waals surface area contributed by atoms with Gasteiger partial charge >= 0.3 is 0 Å². The largest absolute Gasteiger partial charge is 0.314 e. The Kier molecular flexibility index (Phi) is 3.94. The lowest BCUT2D eigenvalue weighted by Gasteiger charge is -2.50. The zero-order valence-electron chi connectivity index (χ0n) is 11.0. The van der Waals surface area contributed by atoms with Gasteiger partial charge in [-0.1, -0.05) is 54.9 Å². The first kappa shape index (κ1) is 13.1. The van der Waals surface area contributed by atoms with Gasteiger partial charge in [0.2, 0.25) is 0 Å². The predicted molar refractivity (Wildman–Crippen MR) is 77.4 cm³/mol. The summed E-state index contributed by atoms with van der Waals surface area (Å²) in [7, 11) is 0. The van der Waals surface area contributed by atoms with Crippen LogP contribution < -0.4 is 5.32 Å². The number of hydrogen-bond acceptors (Lipinski definition) is 1. The number of benzene rings is 1. The van der Waals surface area contributed by atoms with Crippen LogP contribution >= 0.6 is 15.9 Å². The van der Waals surface area contributed by atoms with E-state index in [4.69, 9.17) is 0 Å². The quantitative estimate of drug-likeness (QED) is 0.881. The molecule has 0 aromatic heterocycles. The first-order valence-corrected chi connectivity index (χ1v) is 7.34. The molecule has 0 radical (unpaired) electrons. The summed E-state index contributed by atoms with van der Waals surface area (Å²) in [5.74, 6) is 0.771. The van der Waals surface area contributed by atoms with Gasteiger partial charge in [0, 0.05) is 22.5 Å². The number of hydrogen-bond donors (Lipinski definition) is 1. The minimum atomic E-state index is 0.338. The normalized spacial score (nSPS) is 28.2. The topological polar surface area (TPSA) is 12.0 Å². The monoisotopic (exact) mass is 295 g/mol. The summed E-state index contributed by atoms with van der Waals surface area (Å²) < 4.78 is 1.26. The van der Waals surface area contributed by atoms with E-state index in [2.05, 4.69) is 66.3 Å². The van der Waals surface area contributed by atoms with Gasteiger partial charge in [0.25, 0.3) is 0 Å². The summed E-state index contributed by atoms with van der Waals surface area (Å²) in [5, 5.41) is 3.62. The second-order valence-corrected chi connectivity index (χ2v) is 6.47. The van der Waals surface area contributed by atoms with E-state index in [9.17, 15) is 0 Å².